The fourth-order valence-corrected chi connectivity index (χ4v) is 3.69. The first-order valence-corrected chi connectivity index (χ1v) is 9.29. The van der Waals surface area contributed by atoms with Crippen LogP contribution in [0.1, 0.15) is 16.7 Å². The molecule has 0 saturated heterocycles. The topological polar surface area (TPSA) is 78.8 Å². The van der Waals surface area contributed by atoms with Crippen molar-refractivity contribution in [3.05, 3.63) is 58.8 Å². The van der Waals surface area contributed by atoms with Crippen LogP contribution in [0, 0.1) is 13.8 Å². The van der Waals surface area contributed by atoms with Crippen LogP contribution in [0.3, 0.4) is 0 Å². The van der Waals surface area contributed by atoms with Crippen molar-refractivity contribution in [1.82, 2.24) is 10.2 Å². The van der Waals surface area contributed by atoms with Gasteiger partial charge in [-0.1, -0.05) is 23.8 Å². The number of sulfonamides is 1. The summed E-state index contributed by atoms with van der Waals surface area (Å²) in [6.07, 6.45) is 5.05. The van der Waals surface area contributed by atoms with E-state index >= 15 is 0 Å². The van der Waals surface area contributed by atoms with Crippen LogP contribution in [-0.4, -0.2) is 37.4 Å². The second kappa shape index (κ2) is 6.24. The molecule has 1 aromatic rings. The van der Waals surface area contributed by atoms with E-state index in [4.69, 9.17) is 0 Å². The van der Waals surface area contributed by atoms with Crippen LogP contribution in [0.4, 0.5) is 0 Å². The smallest absolute Gasteiger partial charge is 0.256 e. The second-order valence-corrected chi connectivity index (χ2v) is 7.68. The minimum Gasteiger partial charge on any atom is -0.348 e. The van der Waals surface area contributed by atoms with Gasteiger partial charge in [-0.15, -0.1) is 4.40 Å². The number of carbonyl (C=O) groups is 1. The molecule has 2 heterocycles. The van der Waals surface area contributed by atoms with Gasteiger partial charge in [0, 0.05) is 19.3 Å². The standard InChI is InChI=1S/C17H19N3O3S/c1-12-5-6-14(13(2)10-12)11-18-17(21)15-4-3-7-20-8-9-24(22,23)19-16(15)20/h3-7,10H,8-9,11H2,1-2H3,(H,18,21). The Bertz CT molecular complexity index is 882. The maximum absolute atomic E-state index is 12.5. The quantitative estimate of drug-likeness (QED) is 0.898. The van der Waals surface area contributed by atoms with Gasteiger partial charge >= 0.3 is 0 Å². The maximum atomic E-state index is 12.5. The maximum Gasteiger partial charge on any atom is 0.256 e. The third kappa shape index (κ3) is 3.41. The van der Waals surface area contributed by atoms with E-state index in [2.05, 4.69) is 15.8 Å². The molecule has 6 nitrogen and oxygen atoms in total. The van der Waals surface area contributed by atoms with Gasteiger partial charge < -0.3 is 10.2 Å². The monoisotopic (exact) mass is 345 g/mol. The fraction of sp³-hybridized carbons (Fsp3) is 0.294. The number of carbonyl (C=O) groups excluding carboxylic acids is 1. The summed E-state index contributed by atoms with van der Waals surface area (Å²) < 4.78 is 27.2. The van der Waals surface area contributed by atoms with Gasteiger partial charge in [0.15, 0.2) is 5.84 Å². The molecule has 126 valence electrons. The minimum absolute atomic E-state index is 0.0434. The van der Waals surface area contributed by atoms with Gasteiger partial charge in [0.25, 0.3) is 15.9 Å². The first-order chi connectivity index (χ1) is 11.4. The predicted molar refractivity (Wildman–Crippen MR) is 92.9 cm³/mol. The average Bonchev–Trinajstić information content (AvgIpc) is 2.52. The summed E-state index contributed by atoms with van der Waals surface area (Å²) in [7, 11) is -3.51. The molecular weight excluding hydrogens is 326 g/mol. The Labute approximate surface area is 141 Å². The van der Waals surface area contributed by atoms with Gasteiger partial charge in [0.2, 0.25) is 0 Å². The SMILES string of the molecule is Cc1ccc(CNC(=O)C2=CC=CN3CCS(=O)(=O)N=C23)c(C)c1. The summed E-state index contributed by atoms with van der Waals surface area (Å²) in [6.45, 7) is 4.70. The molecule has 0 atom stereocenters. The van der Waals surface area contributed by atoms with Crippen LogP contribution >= 0.6 is 0 Å². The molecule has 0 aliphatic carbocycles. The molecule has 0 radical (unpaired) electrons. The van der Waals surface area contributed by atoms with E-state index in [1.54, 1.807) is 23.3 Å². The van der Waals surface area contributed by atoms with E-state index in [-0.39, 0.29) is 23.1 Å². The number of aryl methyl sites for hydroxylation is 2. The number of rotatable bonds is 3. The Hall–Kier alpha value is -2.41. The normalized spacial score (nSPS) is 18.5. The molecule has 0 unspecified atom stereocenters. The lowest BCUT2D eigenvalue weighted by Crippen LogP contribution is -2.42. The van der Waals surface area contributed by atoms with E-state index in [0.29, 0.717) is 13.1 Å². The number of hydrogen-bond acceptors (Lipinski definition) is 4. The highest BCUT2D eigenvalue weighted by molar-refractivity contribution is 7.90. The van der Waals surface area contributed by atoms with Crippen molar-refractivity contribution in [2.45, 2.75) is 20.4 Å². The lowest BCUT2D eigenvalue weighted by Gasteiger charge is -2.28. The third-order valence-corrected chi connectivity index (χ3v) is 5.19. The molecule has 0 aromatic heterocycles. The third-order valence-electron chi connectivity index (χ3n) is 4.04. The zero-order chi connectivity index (χ0) is 17.3. The number of amidine groups is 1. The van der Waals surface area contributed by atoms with Crippen LogP contribution in [-0.2, 0) is 21.4 Å². The minimum atomic E-state index is -3.51. The molecule has 3 rings (SSSR count). The highest BCUT2D eigenvalue weighted by Gasteiger charge is 2.29. The highest BCUT2D eigenvalue weighted by Crippen LogP contribution is 2.18. The summed E-state index contributed by atoms with van der Waals surface area (Å²) >= 11 is 0. The molecule has 7 heteroatoms. The van der Waals surface area contributed by atoms with Crippen molar-refractivity contribution in [1.29, 1.82) is 0 Å². The van der Waals surface area contributed by atoms with Crippen molar-refractivity contribution in [3.63, 3.8) is 0 Å². The molecule has 0 saturated carbocycles. The summed E-state index contributed by atoms with van der Waals surface area (Å²) in [5.74, 6) is -0.180. The molecule has 1 aromatic carbocycles. The summed E-state index contributed by atoms with van der Waals surface area (Å²) in [5, 5.41) is 2.85. The number of allylic oxidation sites excluding steroid dienone is 2. The van der Waals surface area contributed by atoms with Crippen LogP contribution in [0.5, 0.6) is 0 Å². The zero-order valence-electron chi connectivity index (χ0n) is 13.6. The van der Waals surface area contributed by atoms with Gasteiger partial charge in [-0.05, 0) is 37.1 Å². The molecular formula is C17H19N3O3S. The Morgan fingerprint density at radius 1 is 1.33 bits per heavy atom. The summed E-state index contributed by atoms with van der Waals surface area (Å²) in [4.78, 5) is 14.2. The van der Waals surface area contributed by atoms with E-state index in [9.17, 15) is 13.2 Å². The Balaban J connectivity index is 1.78. The Morgan fingerprint density at radius 3 is 2.88 bits per heavy atom. The van der Waals surface area contributed by atoms with Crippen LogP contribution in [0.2, 0.25) is 0 Å². The molecule has 0 bridgehead atoms. The molecule has 0 spiro atoms. The van der Waals surface area contributed by atoms with Gasteiger partial charge in [-0.25, -0.2) is 8.42 Å². The number of amides is 1. The second-order valence-electron chi connectivity index (χ2n) is 5.93. The molecule has 1 amide bonds. The van der Waals surface area contributed by atoms with Crippen LogP contribution < -0.4 is 5.32 Å². The van der Waals surface area contributed by atoms with Crippen molar-refractivity contribution in [3.8, 4) is 0 Å². The molecule has 24 heavy (non-hydrogen) atoms. The lowest BCUT2D eigenvalue weighted by molar-refractivity contribution is -0.117. The number of nitrogens with one attached hydrogen (secondary N) is 1. The van der Waals surface area contributed by atoms with Crippen molar-refractivity contribution in [2.75, 3.05) is 12.3 Å². The van der Waals surface area contributed by atoms with Crippen molar-refractivity contribution < 1.29 is 13.2 Å². The van der Waals surface area contributed by atoms with E-state index in [1.165, 1.54) is 5.56 Å². The molecule has 1 N–H and O–H groups in total. The van der Waals surface area contributed by atoms with E-state index < -0.39 is 10.0 Å². The molecule has 2 aliphatic heterocycles. The summed E-state index contributed by atoms with van der Waals surface area (Å²) in [6, 6.07) is 6.04. The van der Waals surface area contributed by atoms with Gasteiger partial charge in [-0.3, -0.25) is 4.79 Å². The van der Waals surface area contributed by atoms with Crippen molar-refractivity contribution in [2.24, 2.45) is 4.40 Å². The number of nitrogens with zero attached hydrogens (tertiary/aromatic N) is 2. The van der Waals surface area contributed by atoms with Gasteiger partial charge in [-0.2, -0.15) is 0 Å². The van der Waals surface area contributed by atoms with Crippen molar-refractivity contribution >= 4 is 21.8 Å². The number of hydrogen-bond donors (Lipinski definition) is 1. The first-order valence-electron chi connectivity index (χ1n) is 7.68. The van der Waals surface area contributed by atoms with Gasteiger partial charge in [0.05, 0.1) is 11.3 Å². The average molecular weight is 345 g/mol. The van der Waals surface area contributed by atoms with Crippen LogP contribution in [0.15, 0.2) is 46.5 Å². The van der Waals surface area contributed by atoms with E-state index in [1.807, 2.05) is 26.0 Å². The van der Waals surface area contributed by atoms with E-state index in [0.717, 1.165) is 11.1 Å². The fourth-order valence-electron chi connectivity index (χ4n) is 2.71. The number of fused-ring (bicyclic) bond motifs is 1. The van der Waals surface area contributed by atoms with Crippen LogP contribution in [0.25, 0.3) is 0 Å². The Morgan fingerprint density at radius 2 is 2.12 bits per heavy atom. The predicted octanol–water partition coefficient (Wildman–Crippen LogP) is 1.42. The van der Waals surface area contributed by atoms with Gasteiger partial charge in [0.1, 0.15) is 0 Å². The lowest BCUT2D eigenvalue weighted by atomic mass is 10.1. The first kappa shape index (κ1) is 16.4. The number of benzene rings is 1. The Kier molecular flexibility index (Phi) is 4.28. The largest absolute Gasteiger partial charge is 0.348 e. The molecule has 2 aliphatic rings. The summed E-state index contributed by atoms with van der Waals surface area (Å²) in [5.41, 5.74) is 3.56. The zero-order valence-corrected chi connectivity index (χ0v) is 14.4. The molecule has 0 fully saturated rings. The highest BCUT2D eigenvalue weighted by atomic mass is 32.2.